The Labute approximate surface area is 111 Å². The summed E-state index contributed by atoms with van der Waals surface area (Å²) in [6.07, 6.45) is 2.15. The fourth-order valence-electron chi connectivity index (χ4n) is 1.74. The van der Waals surface area contributed by atoms with Crippen molar-refractivity contribution < 1.29 is 0 Å². The summed E-state index contributed by atoms with van der Waals surface area (Å²) in [5.74, 6) is 1.65. The molecule has 102 valence electrons. The number of aryl methyl sites for hydroxylation is 1. The molecule has 0 unspecified atom stereocenters. The maximum atomic E-state index is 4.61. The zero-order valence-electron chi connectivity index (χ0n) is 12.2. The summed E-state index contributed by atoms with van der Waals surface area (Å²) in [5.41, 5.74) is 2.48. The quantitative estimate of drug-likeness (QED) is 0.695. The van der Waals surface area contributed by atoms with E-state index in [0.717, 1.165) is 37.6 Å². The van der Waals surface area contributed by atoms with E-state index in [2.05, 4.69) is 55.4 Å². The van der Waals surface area contributed by atoms with Crippen LogP contribution in [0.5, 0.6) is 0 Å². The minimum Gasteiger partial charge on any atom is -0.370 e. The SMILES string of the molecule is CCCNCc1cc(CC)nc(NCC(C)C)c1. The third kappa shape index (κ3) is 5.50. The van der Waals surface area contributed by atoms with Crippen molar-refractivity contribution in [3.05, 3.63) is 23.4 Å². The monoisotopic (exact) mass is 249 g/mol. The lowest BCUT2D eigenvalue weighted by molar-refractivity contribution is 0.672. The molecule has 0 aliphatic rings. The number of nitrogens with zero attached hydrogens (tertiary/aromatic N) is 1. The molecule has 0 aromatic carbocycles. The minimum atomic E-state index is 0.638. The smallest absolute Gasteiger partial charge is 0.126 e. The second kappa shape index (κ2) is 8.09. The van der Waals surface area contributed by atoms with E-state index >= 15 is 0 Å². The molecule has 0 saturated heterocycles. The molecule has 3 heteroatoms. The Kier molecular flexibility index (Phi) is 6.73. The molecule has 0 saturated carbocycles. The topological polar surface area (TPSA) is 37.0 Å². The van der Waals surface area contributed by atoms with Crippen LogP contribution in [0.2, 0.25) is 0 Å². The van der Waals surface area contributed by atoms with Crippen molar-refractivity contribution in [1.29, 1.82) is 0 Å². The van der Waals surface area contributed by atoms with E-state index in [-0.39, 0.29) is 0 Å². The van der Waals surface area contributed by atoms with Crippen LogP contribution >= 0.6 is 0 Å². The predicted octanol–water partition coefficient (Wildman–Crippen LogP) is 3.21. The number of hydrogen-bond donors (Lipinski definition) is 2. The number of anilines is 1. The summed E-state index contributed by atoms with van der Waals surface area (Å²) < 4.78 is 0. The average molecular weight is 249 g/mol. The Morgan fingerprint density at radius 3 is 2.61 bits per heavy atom. The van der Waals surface area contributed by atoms with Crippen LogP contribution in [0.25, 0.3) is 0 Å². The van der Waals surface area contributed by atoms with Gasteiger partial charge in [-0.2, -0.15) is 0 Å². The van der Waals surface area contributed by atoms with Gasteiger partial charge in [0, 0.05) is 18.8 Å². The van der Waals surface area contributed by atoms with Gasteiger partial charge in [-0.1, -0.05) is 27.7 Å². The summed E-state index contributed by atoms with van der Waals surface area (Å²) in [5, 5.41) is 6.85. The third-order valence-corrected chi connectivity index (χ3v) is 2.75. The highest BCUT2D eigenvalue weighted by Gasteiger charge is 2.02. The molecule has 0 atom stereocenters. The number of rotatable bonds is 8. The summed E-state index contributed by atoms with van der Waals surface area (Å²) in [6.45, 7) is 11.7. The van der Waals surface area contributed by atoms with Gasteiger partial charge in [0.15, 0.2) is 0 Å². The molecule has 0 fully saturated rings. The van der Waals surface area contributed by atoms with Crippen LogP contribution in [0.15, 0.2) is 12.1 Å². The van der Waals surface area contributed by atoms with E-state index in [4.69, 9.17) is 0 Å². The number of nitrogens with one attached hydrogen (secondary N) is 2. The Morgan fingerprint density at radius 1 is 1.22 bits per heavy atom. The van der Waals surface area contributed by atoms with Gasteiger partial charge in [0.25, 0.3) is 0 Å². The molecule has 0 spiro atoms. The van der Waals surface area contributed by atoms with Gasteiger partial charge < -0.3 is 10.6 Å². The van der Waals surface area contributed by atoms with E-state index in [9.17, 15) is 0 Å². The molecule has 1 aromatic rings. The lowest BCUT2D eigenvalue weighted by Crippen LogP contribution is -2.15. The van der Waals surface area contributed by atoms with Gasteiger partial charge in [-0.05, 0) is 43.0 Å². The molecule has 1 aromatic heterocycles. The maximum Gasteiger partial charge on any atom is 0.126 e. The van der Waals surface area contributed by atoms with E-state index in [0.29, 0.717) is 5.92 Å². The van der Waals surface area contributed by atoms with Gasteiger partial charge in [-0.3, -0.25) is 0 Å². The molecule has 0 aliphatic carbocycles. The summed E-state index contributed by atoms with van der Waals surface area (Å²) in [4.78, 5) is 4.61. The van der Waals surface area contributed by atoms with Crippen LogP contribution in [0.3, 0.4) is 0 Å². The Hall–Kier alpha value is -1.09. The third-order valence-electron chi connectivity index (χ3n) is 2.75. The van der Waals surface area contributed by atoms with Gasteiger partial charge in [0.2, 0.25) is 0 Å². The summed E-state index contributed by atoms with van der Waals surface area (Å²) in [6, 6.07) is 4.35. The van der Waals surface area contributed by atoms with E-state index in [1.165, 1.54) is 12.0 Å². The van der Waals surface area contributed by atoms with Crippen molar-refractivity contribution in [2.45, 2.75) is 47.1 Å². The fraction of sp³-hybridized carbons (Fsp3) is 0.667. The minimum absolute atomic E-state index is 0.638. The van der Waals surface area contributed by atoms with Gasteiger partial charge in [0.05, 0.1) is 0 Å². The largest absolute Gasteiger partial charge is 0.370 e. The molecule has 1 heterocycles. The molecule has 1 rings (SSSR count). The van der Waals surface area contributed by atoms with Crippen LogP contribution < -0.4 is 10.6 Å². The number of aromatic nitrogens is 1. The van der Waals surface area contributed by atoms with Crippen LogP contribution in [0.4, 0.5) is 5.82 Å². The normalized spacial score (nSPS) is 10.9. The molecule has 0 radical (unpaired) electrons. The van der Waals surface area contributed by atoms with Crippen molar-refractivity contribution >= 4 is 5.82 Å². The molecule has 0 bridgehead atoms. The lowest BCUT2D eigenvalue weighted by Gasteiger charge is -2.12. The molecule has 3 nitrogen and oxygen atoms in total. The second-order valence-corrected chi connectivity index (χ2v) is 5.16. The van der Waals surface area contributed by atoms with E-state index in [1.54, 1.807) is 0 Å². The van der Waals surface area contributed by atoms with Crippen molar-refractivity contribution in [3.63, 3.8) is 0 Å². The van der Waals surface area contributed by atoms with Crippen molar-refractivity contribution in [2.75, 3.05) is 18.4 Å². The van der Waals surface area contributed by atoms with Gasteiger partial charge in [-0.25, -0.2) is 4.98 Å². The first-order valence-corrected chi connectivity index (χ1v) is 7.10. The second-order valence-electron chi connectivity index (χ2n) is 5.16. The molecule has 0 aliphatic heterocycles. The average Bonchev–Trinajstić information content (AvgIpc) is 2.36. The summed E-state index contributed by atoms with van der Waals surface area (Å²) in [7, 11) is 0. The van der Waals surface area contributed by atoms with Crippen molar-refractivity contribution in [2.24, 2.45) is 5.92 Å². The highest BCUT2D eigenvalue weighted by Crippen LogP contribution is 2.12. The zero-order valence-corrected chi connectivity index (χ0v) is 12.2. The Balaban J connectivity index is 2.67. The Morgan fingerprint density at radius 2 is 2.00 bits per heavy atom. The van der Waals surface area contributed by atoms with Gasteiger partial charge >= 0.3 is 0 Å². The highest BCUT2D eigenvalue weighted by atomic mass is 15.0. The van der Waals surface area contributed by atoms with Crippen LogP contribution in [0, 0.1) is 5.92 Å². The highest BCUT2D eigenvalue weighted by molar-refractivity contribution is 5.39. The molecule has 2 N–H and O–H groups in total. The van der Waals surface area contributed by atoms with Crippen LogP contribution in [0.1, 0.15) is 45.4 Å². The van der Waals surface area contributed by atoms with Crippen molar-refractivity contribution in [3.8, 4) is 0 Å². The van der Waals surface area contributed by atoms with Gasteiger partial charge in [-0.15, -0.1) is 0 Å². The van der Waals surface area contributed by atoms with E-state index in [1.807, 2.05) is 0 Å². The number of pyridine rings is 1. The predicted molar refractivity (Wildman–Crippen MR) is 78.9 cm³/mol. The zero-order chi connectivity index (χ0) is 13.4. The van der Waals surface area contributed by atoms with Crippen LogP contribution in [-0.4, -0.2) is 18.1 Å². The summed E-state index contributed by atoms with van der Waals surface area (Å²) >= 11 is 0. The Bertz CT molecular complexity index is 348. The lowest BCUT2D eigenvalue weighted by atomic mass is 10.2. The van der Waals surface area contributed by atoms with Crippen molar-refractivity contribution in [1.82, 2.24) is 10.3 Å². The maximum absolute atomic E-state index is 4.61. The van der Waals surface area contributed by atoms with Gasteiger partial charge in [0.1, 0.15) is 5.82 Å². The standard InChI is InChI=1S/C15H27N3/c1-5-7-16-11-13-8-14(6-2)18-15(9-13)17-10-12(3)4/h8-9,12,16H,5-7,10-11H2,1-4H3,(H,17,18). The first kappa shape index (κ1) is 15.0. The molecule has 0 amide bonds. The first-order valence-electron chi connectivity index (χ1n) is 7.10. The molecule has 18 heavy (non-hydrogen) atoms. The number of hydrogen-bond acceptors (Lipinski definition) is 3. The van der Waals surface area contributed by atoms with Crippen LogP contribution in [-0.2, 0) is 13.0 Å². The fourth-order valence-corrected chi connectivity index (χ4v) is 1.74. The first-order chi connectivity index (χ1) is 8.65. The molecular weight excluding hydrogens is 222 g/mol. The molecular formula is C15H27N3. The van der Waals surface area contributed by atoms with E-state index < -0.39 is 0 Å².